The molecule has 0 saturated heterocycles. The first-order chi connectivity index (χ1) is 33.6. The van der Waals surface area contributed by atoms with Gasteiger partial charge in [-0.1, -0.05) is 32.9 Å². The third kappa shape index (κ3) is 20.3. The first-order valence-electron chi connectivity index (χ1n) is 23.7. The minimum Gasteiger partial charge on any atom is -0.460 e. The Kier molecular flexibility index (Phi) is 24.3. The van der Waals surface area contributed by atoms with E-state index in [1.807, 2.05) is 79.7 Å². The van der Waals surface area contributed by atoms with Gasteiger partial charge in [0, 0.05) is 66.8 Å². The van der Waals surface area contributed by atoms with E-state index in [2.05, 4.69) is 0 Å². The number of benzene rings is 2. The van der Waals surface area contributed by atoms with Crippen LogP contribution in [0.15, 0.2) is 69.6 Å². The highest BCUT2D eigenvalue weighted by Gasteiger charge is 2.44. The Morgan fingerprint density at radius 1 is 0.732 bits per heavy atom. The van der Waals surface area contributed by atoms with Crippen molar-refractivity contribution in [1.29, 1.82) is 0 Å². The maximum Gasteiger partial charge on any atom is 0.294 e. The van der Waals surface area contributed by atoms with E-state index in [0.29, 0.717) is 115 Å². The van der Waals surface area contributed by atoms with Gasteiger partial charge in [-0.05, 0) is 67.3 Å². The molecule has 0 aromatic heterocycles. The topological polar surface area (TPSA) is 247 Å². The first-order valence-corrected chi connectivity index (χ1v) is 28.8. The number of aliphatic hydroxyl groups is 1. The predicted octanol–water partition coefficient (Wildman–Crippen LogP) is 4.22. The second-order valence-electron chi connectivity index (χ2n) is 18.3. The van der Waals surface area contributed by atoms with Crippen molar-refractivity contribution in [3.63, 3.8) is 0 Å². The quantitative estimate of drug-likeness (QED) is 0.0431. The molecule has 1 unspecified atom stereocenters. The molecule has 3 aliphatic rings. The van der Waals surface area contributed by atoms with Crippen molar-refractivity contribution < 1.29 is 77.0 Å². The molecule has 0 saturated carbocycles. The SMILES string of the molecule is COCCOCCOCCOCC[N+](CCCS(=O)(=O)O)=c1ccc2c(/C=C/C=C3\N(CCCS(C)(=O)=O)c4ccc(S(=O)(=O)O)cc4C3(C)CCOCCOCCOCCO)cc(C(C)(C)C)oc-2c1. The van der Waals surface area contributed by atoms with Crippen molar-refractivity contribution in [1.82, 2.24) is 4.58 Å². The molecule has 4 rings (SSSR count). The number of ether oxygens (including phenoxy) is 7. The number of nitrogens with zero attached hydrogens (tertiary/aromatic N) is 2. The van der Waals surface area contributed by atoms with E-state index in [0.717, 1.165) is 22.2 Å². The molecule has 1 aliphatic carbocycles. The fraction of sp³-hybridized carbons (Fsp3) is 0.612. The summed E-state index contributed by atoms with van der Waals surface area (Å²) in [5.41, 5.74) is 2.37. The Morgan fingerprint density at radius 2 is 1.34 bits per heavy atom. The third-order valence-electron chi connectivity index (χ3n) is 11.6. The van der Waals surface area contributed by atoms with Gasteiger partial charge in [-0.3, -0.25) is 9.11 Å². The first kappa shape index (κ1) is 59.9. The standard InChI is InChI=1S/C49H74N2O17S3/c1-48(2,3)47-36-39(42-14-12-40(37-45(42)68-47)50(17-8-35-70(55,56)57)19-22-63-27-30-67-33-32-65-25-24-61-5)10-7-11-46-49(4,16-21-62-26-29-66-31-28-64-23-20-52)43-38-41(71(58,59)60)13-15-44(43)51(46)18-9-34-69(6,53)54/h7,10-15,36-38,52H,8-9,16-35H2,1-6H3,(H-,55,56,57,58,59,60)/p+1. The molecule has 0 fully saturated rings. The number of anilines is 1. The number of rotatable bonds is 34. The number of sulfone groups is 1. The largest absolute Gasteiger partial charge is 0.460 e. The van der Waals surface area contributed by atoms with Crippen molar-refractivity contribution in [3.8, 4) is 11.3 Å². The molecular formula is C49H75N2O17S3+. The lowest BCUT2D eigenvalue weighted by Crippen LogP contribution is -2.35. The average Bonchev–Trinajstić information content (AvgIpc) is 3.52. The highest BCUT2D eigenvalue weighted by Crippen LogP contribution is 2.51. The molecule has 1 aromatic carbocycles. The van der Waals surface area contributed by atoms with Gasteiger partial charge < -0.3 is 47.6 Å². The van der Waals surface area contributed by atoms with Crippen LogP contribution in [0.3, 0.4) is 0 Å². The van der Waals surface area contributed by atoms with Crippen molar-refractivity contribution in [2.75, 3.05) is 142 Å². The van der Waals surface area contributed by atoms with Crippen molar-refractivity contribution >= 4 is 41.8 Å². The Morgan fingerprint density at radius 3 is 1.92 bits per heavy atom. The van der Waals surface area contributed by atoms with E-state index in [4.69, 9.17) is 42.7 Å². The van der Waals surface area contributed by atoms with E-state index in [9.17, 15) is 34.4 Å². The fourth-order valence-electron chi connectivity index (χ4n) is 7.88. The summed E-state index contributed by atoms with van der Waals surface area (Å²) in [4.78, 5) is 1.72. The molecule has 0 spiro atoms. The lowest BCUT2D eigenvalue weighted by atomic mass is 9.78. The highest BCUT2D eigenvalue weighted by atomic mass is 32.2. The summed E-state index contributed by atoms with van der Waals surface area (Å²) in [6.45, 7) is 13.6. The van der Waals surface area contributed by atoms with Crippen LogP contribution >= 0.6 is 0 Å². The lowest BCUT2D eigenvalue weighted by molar-refractivity contribution is 0.00371. The van der Waals surface area contributed by atoms with Crippen LogP contribution in [0.5, 0.6) is 0 Å². The molecule has 2 aliphatic heterocycles. The van der Waals surface area contributed by atoms with Gasteiger partial charge in [0.05, 0.1) is 102 Å². The van der Waals surface area contributed by atoms with Gasteiger partial charge in [0.15, 0.2) is 6.54 Å². The average molecular weight is 1060 g/mol. The Labute approximate surface area is 420 Å². The van der Waals surface area contributed by atoms with E-state index in [1.54, 1.807) is 13.2 Å². The van der Waals surface area contributed by atoms with Crippen LogP contribution in [0.4, 0.5) is 5.69 Å². The maximum absolute atomic E-state index is 12.5. The van der Waals surface area contributed by atoms with Gasteiger partial charge >= 0.3 is 0 Å². The van der Waals surface area contributed by atoms with Crippen LogP contribution in [0.2, 0.25) is 0 Å². The number of hydrogen-bond donors (Lipinski definition) is 3. The van der Waals surface area contributed by atoms with Crippen LogP contribution in [-0.4, -0.2) is 176 Å². The summed E-state index contributed by atoms with van der Waals surface area (Å²) in [5.74, 6) is 0.783. The number of allylic oxidation sites excluding steroid dienone is 3. The Balaban J connectivity index is 1.72. The van der Waals surface area contributed by atoms with Gasteiger partial charge in [0.25, 0.3) is 20.2 Å². The fourth-order valence-corrected chi connectivity index (χ4v) is 9.53. The zero-order valence-corrected chi connectivity index (χ0v) is 44.5. The van der Waals surface area contributed by atoms with E-state index in [-0.39, 0.29) is 49.9 Å². The molecule has 19 nitrogen and oxygen atoms in total. The minimum atomic E-state index is -4.58. The van der Waals surface area contributed by atoms with Crippen LogP contribution in [-0.2, 0) is 74.1 Å². The zero-order valence-electron chi connectivity index (χ0n) is 42.0. The normalized spacial score (nSPS) is 16.7. The molecule has 1 atom stereocenters. The summed E-state index contributed by atoms with van der Waals surface area (Å²) < 4.78 is 140. The van der Waals surface area contributed by atoms with E-state index < -0.39 is 46.7 Å². The molecule has 0 bridgehead atoms. The Bertz CT molecular complexity index is 2570. The van der Waals surface area contributed by atoms with Crippen LogP contribution in [0, 0.1) is 0 Å². The van der Waals surface area contributed by atoms with Crippen LogP contribution in [0.25, 0.3) is 17.4 Å². The van der Waals surface area contributed by atoms with E-state index >= 15 is 0 Å². The van der Waals surface area contributed by atoms with E-state index in [1.165, 1.54) is 18.4 Å². The monoisotopic (exact) mass is 1060 g/mol. The highest BCUT2D eigenvalue weighted by molar-refractivity contribution is 7.90. The smallest absolute Gasteiger partial charge is 0.294 e. The third-order valence-corrected chi connectivity index (χ3v) is 14.2. The number of hydrogen-bond acceptors (Lipinski definition) is 16. The molecule has 1 aromatic rings. The summed E-state index contributed by atoms with van der Waals surface area (Å²) in [7, 11) is -10.5. The van der Waals surface area contributed by atoms with Crippen LogP contribution in [0.1, 0.15) is 63.8 Å². The summed E-state index contributed by atoms with van der Waals surface area (Å²) in [6, 6.07) is 12.1. The van der Waals surface area contributed by atoms with Gasteiger partial charge in [-0.2, -0.15) is 16.8 Å². The summed E-state index contributed by atoms with van der Waals surface area (Å²) >= 11 is 0. The number of aliphatic hydroxyl groups excluding tert-OH is 1. The molecule has 3 N–H and O–H groups in total. The second-order valence-corrected chi connectivity index (χ2v) is 23.5. The molecule has 0 amide bonds. The molecule has 71 heavy (non-hydrogen) atoms. The minimum absolute atomic E-state index is 0.0700. The number of fused-ring (bicyclic) bond motifs is 2. The molecule has 2 heterocycles. The van der Waals surface area contributed by atoms with Gasteiger partial charge in [-0.15, -0.1) is 0 Å². The maximum atomic E-state index is 12.5. The summed E-state index contributed by atoms with van der Waals surface area (Å²) in [5, 5.41) is 9.66. The summed E-state index contributed by atoms with van der Waals surface area (Å²) in [6.07, 6.45) is 7.79. The van der Waals surface area contributed by atoms with Crippen molar-refractivity contribution in [2.24, 2.45) is 0 Å². The van der Waals surface area contributed by atoms with Gasteiger partial charge in [0.1, 0.15) is 34.5 Å². The van der Waals surface area contributed by atoms with Crippen molar-refractivity contribution in [3.05, 3.63) is 82.6 Å². The van der Waals surface area contributed by atoms with Crippen LogP contribution < -0.4 is 14.8 Å². The molecule has 22 heteroatoms. The predicted molar refractivity (Wildman–Crippen MR) is 271 cm³/mol. The number of methoxy groups -OCH3 is 1. The lowest BCUT2D eigenvalue weighted by Gasteiger charge is -2.30. The van der Waals surface area contributed by atoms with Gasteiger partial charge in [-0.25, -0.2) is 13.0 Å². The second kappa shape index (κ2) is 28.7. The molecule has 0 radical (unpaired) electrons. The molecule has 400 valence electrons. The van der Waals surface area contributed by atoms with Gasteiger partial charge in [0.2, 0.25) is 5.36 Å². The Hall–Kier alpha value is -3.62. The zero-order chi connectivity index (χ0) is 52.1. The molecular weight excluding hydrogens is 985 g/mol. The van der Waals surface area contributed by atoms with Crippen molar-refractivity contribution in [2.45, 2.75) is 62.7 Å².